The quantitative estimate of drug-likeness (QED) is 0.534. The first kappa shape index (κ1) is 10.2. The molecule has 1 nitrogen and oxygen atoms in total. The molecule has 0 aromatic rings. The van der Waals surface area contributed by atoms with Crippen LogP contribution in [0, 0.1) is 11.3 Å². The first-order chi connectivity index (χ1) is 6.55. The molecule has 0 bridgehead atoms. The van der Waals surface area contributed by atoms with Crippen molar-refractivity contribution < 1.29 is 0 Å². The van der Waals surface area contributed by atoms with Crippen molar-refractivity contribution in [1.82, 2.24) is 4.90 Å². The summed E-state index contributed by atoms with van der Waals surface area (Å²) < 4.78 is 0. The Bertz CT molecular complexity index is 256. The lowest BCUT2D eigenvalue weighted by atomic mass is 9.73. The van der Waals surface area contributed by atoms with Gasteiger partial charge in [-0.1, -0.05) is 18.1 Å². The minimum absolute atomic E-state index is 0.593. The Morgan fingerprint density at radius 2 is 1.79 bits per heavy atom. The van der Waals surface area contributed by atoms with Crippen LogP contribution in [-0.2, 0) is 0 Å². The van der Waals surface area contributed by atoms with Crippen LogP contribution in [0.1, 0.15) is 40.0 Å². The molecule has 1 atom stereocenters. The fraction of sp³-hybridized carbons (Fsp3) is 0.846. The second-order valence-electron chi connectivity index (χ2n) is 5.50. The topological polar surface area (TPSA) is 3.24 Å². The number of nitrogens with zero attached hydrogens (tertiary/aromatic N) is 1. The van der Waals surface area contributed by atoms with E-state index in [0.29, 0.717) is 5.41 Å². The highest BCUT2D eigenvalue weighted by molar-refractivity contribution is 5.28. The van der Waals surface area contributed by atoms with Gasteiger partial charge < -0.3 is 4.90 Å². The fourth-order valence-electron chi connectivity index (χ4n) is 3.31. The van der Waals surface area contributed by atoms with E-state index in [0.717, 1.165) is 5.92 Å². The van der Waals surface area contributed by atoms with Crippen LogP contribution in [0.15, 0.2) is 11.1 Å². The zero-order chi connectivity index (χ0) is 10.3. The third-order valence-electron chi connectivity index (χ3n) is 4.77. The van der Waals surface area contributed by atoms with Crippen LogP contribution < -0.4 is 0 Å². The van der Waals surface area contributed by atoms with Crippen molar-refractivity contribution in [2.24, 2.45) is 11.3 Å². The molecule has 1 heterocycles. The third-order valence-corrected chi connectivity index (χ3v) is 4.77. The SMILES string of the molecule is CC1=C(C)C2(CCN(C)CC2)C[C@H]1C. The number of hydrogen-bond donors (Lipinski definition) is 0. The van der Waals surface area contributed by atoms with Gasteiger partial charge in [0.1, 0.15) is 0 Å². The molecule has 14 heavy (non-hydrogen) atoms. The molecular formula is C13H23N. The normalized spacial score (nSPS) is 33.0. The van der Waals surface area contributed by atoms with E-state index in [9.17, 15) is 0 Å². The van der Waals surface area contributed by atoms with Gasteiger partial charge in [0.15, 0.2) is 0 Å². The highest BCUT2D eigenvalue weighted by Gasteiger charge is 2.41. The average molecular weight is 193 g/mol. The molecule has 1 saturated heterocycles. The van der Waals surface area contributed by atoms with Gasteiger partial charge in [-0.05, 0) is 64.6 Å². The number of piperidine rings is 1. The van der Waals surface area contributed by atoms with Crippen molar-refractivity contribution >= 4 is 0 Å². The molecule has 0 aromatic carbocycles. The van der Waals surface area contributed by atoms with Crippen LogP contribution in [0.5, 0.6) is 0 Å². The van der Waals surface area contributed by atoms with Crippen LogP contribution in [0.2, 0.25) is 0 Å². The zero-order valence-electron chi connectivity index (χ0n) is 10.1. The maximum absolute atomic E-state index is 2.47. The Kier molecular flexibility index (Phi) is 2.46. The molecule has 2 aliphatic rings. The lowest BCUT2D eigenvalue weighted by Crippen LogP contribution is -2.37. The van der Waals surface area contributed by atoms with Crippen LogP contribution in [0.4, 0.5) is 0 Å². The average Bonchev–Trinajstić information content (AvgIpc) is 2.37. The molecule has 2 rings (SSSR count). The van der Waals surface area contributed by atoms with Gasteiger partial charge in [-0.25, -0.2) is 0 Å². The van der Waals surface area contributed by atoms with Gasteiger partial charge in [0.25, 0.3) is 0 Å². The lowest BCUT2D eigenvalue weighted by Gasteiger charge is -2.39. The van der Waals surface area contributed by atoms with Crippen molar-refractivity contribution in [3.8, 4) is 0 Å². The summed E-state index contributed by atoms with van der Waals surface area (Å²) in [6.07, 6.45) is 4.19. The molecule has 0 N–H and O–H groups in total. The van der Waals surface area contributed by atoms with Crippen LogP contribution >= 0.6 is 0 Å². The van der Waals surface area contributed by atoms with Crippen molar-refractivity contribution in [3.63, 3.8) is 0 Å². The van der Waals surface area contributed by atoms with E-state index in [-0.39, 0.29) is 0 Å². The van der Waals surface area contributed by atoms with E-state index in [2.05, 4.69) is 32.7 Å². The Hall–Kier alpha value is -0.300. The third kappa shape index (κ3) is 1.42. The molecule has 1 spiro atoms. The standard InChI is InChI=1S/C13H23N/c1-10-9-13(12(3)11(10)2)5-7-14(4)8-6-13/h10H,5-9H2,1-4H3/t10-/m1/s1. The molecule has 80 valence electrons. The molecule has 0 radical (unpaired) electrons. The van der Waals surface area contributed by atoms with Gasteiger partial charge in [-0.2, -0.15) is 0 Å². The summed E-state index contributed by atoms with van der Waals surface area (Å²) in [6, 6.07) is 0. The molecule has 0 unspecified atom stereocenters. The summed E-state index contributed by atoms with van der Waals surface area (Å²) in [5.41, 5.74) is 3.99. The monoisotopic (exact) mass is 193 g/mol. The lowest BCUT2D eigenvalue weighted by molar-refractivity contribution is 0.147. The number of hydrogen-bond acceptors (Lipinski definition) is 1. The van der Waals surface area contributed by atoms with Gasteiger partial charge >= 0.3 is 0 Å². The summed E-state index contributed by atoms with van der Waals surface area (Å²) in [4.78, 5) is 2.47. The van der Waals surface area contributed by atoms with Crippen molar-refractivity contribution in [1.29, 1.82) is 0 Å². The van der Waals surface area contributed by atoms with Gasteiger partial charge in [0, 0.05) is 0 Å². The van der Waals surface area contributed by atoms with Gasteiger partial charge in [-0.15, -0.1) is 0 Å². The Morgan fingerprint density at radius 3 is 2.21 bits per heavy atom. The minimum atomic E-state index is 0.593. The van der Waals surface area contributed by atoms with Crippen molar-refractivity contribution in [2.45, 2.75) is 40.0 Å². The predicted molar refractivity (Wildman–Crippen MR) is 61.3 cm³/mol. The summed E-state index contributed by atoms with van der Waals surface area (Å²) in [7, 11) is 2.25. The smallest absolute Gasteiger partial charge is 0.00134 e. The van der Waals surface area contributed by atoms with Crippen molar-refractivity contribution in [3.05, 3.63) is 11.1 Å². The molecule has 1 aliphatic heterocycles. The van der Waals surface area contributed by atoms with E-state index < -0.39 is 0 Å². The van der Waals surface area contributed by atoms with Gasteiger partial charge in [0.05, 0.1) is 0 Å². The highest BCUT2D eigenvalue weighted by Crippen LogP contribution is 2.51. The van der Waals surface area contributed by atoms with E-state index in [1.165, 1.54) is 32.4 Å². The zero-order valence-corrected chi connectivity index (χ0v) is 10.1. The maximum Gasteiger partial charge on any atom is -0.00134 e. The summed E-state index contributed by atoms with van der Waals surface area (Å²) >= 11 is 0. The Labute approximate surface area is 88.2 Å². The summed E-state index contributed by atoms with van der Waals surface area (Å²) in [6.45, 7) is 9.69. The molecular weight excluding hydrogens is 170 g/mol. The largest absolute Gasteiger partial charge is 0.306 e. The van der Waals surface area contributed by atoms with Crippen LogP contribution in [0.3, 0.4) is 0 Å². The fourth-order valence-corrected chi connectivity index (χ4v) is 3.31. The van der Waals surface area contributed by atoms with Gasteiger partial charge in [-0.3, -0.25) is 0 Å². The molecule has 0 saturated carbocycles. The van der Waals surface area contributed by atoms with Crippen LogP contribution in [-0.4, -0.2) is 25.0 Å². The Morgan fingerprint density at radius 1 is 1.21 bits per heavy atom. The number of allylic oxidation sites excluding steroid dienone is 2. The molecule has 1 heteroatoms. The maximum atomic E-state index is 2.47. The predicted octanol–water partition coefficient (Wildman–Crippen LogP) is 3.07. The van der Waals surface area contributed by atoms with E-state index in [1.807, 2.05) is 0 Å². The first-order valence-corrected chi connectivity index (χ1v) is 5.91. The van der Waals surface area contributed by atoms with E-state index >= 15 is 0 Å². The molecule has 0 aromatic heterocycles. The summed E-state index contributed by atoms with van der Waals surface area (Å²) in [5, 5.41) is 0. The summed E-state index contributed by atoms with van der Waals surface area (Å²) in [5.74, 6) is 0.832. The number of rotatable bonds is 0. The van der Waals surface area contributed by atoms with Gasteiger partial charge in [0.2, 0.25) is 0 Å². The van der Waals surface area contributed by atoms with E-state index in [1.54, 1.807) is 11.1 Å². The second kappa shape index (κ2) is 3.37. The van der Waals surface area contributed by atoms with Crippen LogP contribution in [0.25, 0.3) is 0 Å². The molecule has 1 aliphatic carbocycles. The second-order valence-corrected chi connectivity index (χ2v) is 5.50. The highest BCUT2D eigenvalue weighted by atomic mass is 15.1. The minimum Gasteiger partial charge on any atom is -0.306 e. The Balaban J connectivity index is 2.19. The van der Waals surface area contributed by atoms with E-state index in [4.69, 9.17) is 0 Å². The first-order valence-electron chi connectivity index (χ1n) is 5.91. The van der Waals surface area contributed by atoms with Crippen molar-refractivity contribution in [2.75, 3.05) is 20.1 Å². The molecule has 1 fully saturated rings. The molecule has 0 amide bonds. The number of likely N-dealkylation sites (tertiary alicyclic amines) is 1.